The molecule has 1 saturated heterocycles. The first-order valence-electron chi connectivity index (χ1n) is 11.9. The molecule has 0 atom stereocenters. The summed E-state index contributed by atoms with van der Waals surface area (Å²) in [4.78, 5) is 27.8. The Morgan fingerprint density at radius 3 is 2.31 bits per heavy atom. The SMILES string of the molecule is COc1ccccc1CCNC(=O)c1ccccc1N1CCC(NC(=O)c2ccccc2Cl)CC1. The van der Waals surface area contributed by atoms with Crippen molar-refractivity contribution in [2.45, 2.75) is 25.3 Å². The number of hydrogen-bond donors (Lipinski definition) is 2. The average Bonchev–Trinajstić information content (AvgIpc) is 2.89. The molecule has 1 aliphatic rings. The van der Waals surface area contributed by atoms with Gasteiger partial charge < -0.3 is 20.3 Å². The molecule has 1 aliphatic heterocycles. The molecule has 35 heavy (non-hydrogen) atoms. The van der Waals surface area contributed by atoms with Gasteiger partial charge in [0.2, 0.25) is 0 Å². The molecule has 0 aliphatic carbocycles. The van der Waals surface area contributed by atoms with E-state index in [0.717, 1.165) is 42.9 Å². The van der Waals surface area contributed by atoms with Gasteiger partial charge in [0, 0.05) is 31.4 Å². The number of carbonyl (C=O) groups excluding carboxylic acids is 2. The molecule has 1 fully saturated rings. The zero-order chi connectivity index (χ0) is 24.6. The number of nitrogens with zero attached hydrogens (tertiary/aromatic N) is 1. The number of rotatable bonds is 8. The van der Waals surface area contributed by atoms with Crippen LogP contribution in [0, 0.1) is 0 Å². The Kier molecular flexibility index (Phi) is 8.27. The van der Waals surface area contributed by atoms with Crippen LogP contribution in [-0.2, 0) is 6.42 Å². The molecule has 2 N–H and O–H groups in total. The third-order valence-electron chi connectivity index (χ3n) is 6.31. The second kappa shape index (κ2) is 11.8. The second-order valence-electron chi connectivity index (χ2n) is 8.55. The van der Waals surface area contributed by atoms with Crippen molar-refractivity contribution in [1.82, 2.24) is 10.6 Å². The van der Waals surface area contributed by atoms with E-state index < -0.39 is 0 Å². The number of halogens is 1. The summed E-state index contributed by atoms with van der Waals surface area (Å²) >= 11 is 6.16. The van der Waals surface area contributed by atoms with Crippen LogP contribution in [0.4, 0.5) is 5.69 Å². The van der Waals surface area contributed by atoms with Crippen LogP contribution in [0.3, 0.4) is 0 Å². The second-order valence-corrected chi connectivity index (χ2v) is 8.96. The van der Waals surface area contributed by atoms with Crippen molar-refractivity contribution in [3.63, 3.8) is 0 Å². The predicted octanol–water partition coefficient (Wildman–Crippen LogP) is 4.72. The Labute approximate surface area is 211 Å². The molecule has 0 radical (unpaired) electrons. The number of carbonyl (C=O) groups is 2. The van der Waals surface area contributed by atoms with Crippen molar-refractivity contribution in [1.29, 1.82) is 0 Å². The van der Waals surface area contributed by atoms with Gasteiger partial charge in [-0.15, -0.1) is 0 Å². The Hall–Kier alpha value is -3.51. The van der Waals surface area contributed by atoms with Crippen molar-refractivity contribution in [3.8, 4) is 5.75 Å². The minimum atomic E-state index is -0.149. The van der Waals surface area contributed by atoms with Gasteiger partial charge in [0.05, 0.1) is 23.3 Å². The molecule has 0 bridgehead atoms. The Balaban J connectivity index is 1.33. The van der Waals surface area contributed by atoms with Crippen LogP contribution in [0.25, 0.3) is 0 Å². The van der Waals surface area contributed by atoms with Gasteiger partial charge >= 0.3 is 0 Å². The highest BCUT2D eigenvalue weighted by molar-refractivity contribution is 6.33. The number of nitrogens with one attached hydrogen (secondary N) is 2. The number of benzene rings is 3. The summed E-state index contributed by atoms with van der Waals surface area (Å²) < 4.78 is 5.40. The fourth-order valence-electron chi connectivity index (χ4n) is 4.43. The number of hydrogen-bond acceptors (Lipinski definition) is 4. The molecule has 182 valence electrons. The van der Waals surface area contributed by atoms with Crippen molar-refractivity contribution in [3.05, 3.63) is 94.5 Å². The molecule has 1 heterocycles. The first kappa shape index (κ1) is 24.6. The number of piperidine rings is 1. The molecular weight excluding hydrogens is 462 g/mol. The highest BCUT2D eigenvalue weighted by Crippen LogP contribution is 2.25. The van der Waals surface area contributed by atoms with E-state index in [2.05, 4.69) is 15.5 Å². The maximum absolute atomic E-state index is 13.0. The van der Waals surface area contributed by atoms with E-state index in [-0.39, 0.29) is 17.9 Å². The number of ether oxygens (including phenoxy) is 1. The maximum Gasteiger partial charge on any atom is 0.253 e. The Morgan fingerprint density at radius 2 is 1.57 bits per heavy atom. The number of anilines is 1. The summed E-state index contributed by atoms with van der Waals surface area (Å²) in [5.74, 6) is 0.583. The minimum Gasteiger partial charge on any atom is -0.496 e. The Morgan fingerprint density at radius 1 is 0.914 bits per heavy atom. The maximum atomic E-state index is 13.0. The molecule has 2 amide bonds. The topological polar surface area (TPSA) is 70.7 Å². The summed E-state index contributed by atoms with van der Waals surface area (Å²) in [6.07, 6.45) is 2.27. The lowest BCUT2D eigenvalue weighted by atomic mass is 10.0. The van der Waals surface area contributed by atoms with Crippen LogP contribution in [-0.4, -0.2) is 44.6 Å². The van der Waals surface area contributed by atoms with E-state index in [1.807, 2.05) is 60.7 Å². The fraction of sp³-hybridized carbons (Fsp3) is 0.286. The number of para-hydroxylation sites is 2. The van der Waals surface area contributed by atoms with Crippen LogP contribution in [0.2, 0.25) is 5.02 Å². The largest absolute Gasteiger partial charge is 0.496 e. The number of methoxy groups -OCH3 is 1. The van der Waals surface area contributed by atoms with Gasteiger partial charge in [-0.2, -0.15) is 0 Å². The fourth-order valence-corrected chi connectivity index (χ4v) is 4.65. The quantitative estimate of drug-likeness (QED) is 0.478. The summed E-state index contributed by atoms with van der Waals surface area (Å²) in [7, 11) is 1.65. The van der Waals surface area contributed by atoms with Crippen LogP contribution in [0.1, 0.15) is 39.1 Å². The molecule has 3 aromatic carbocycles. The van der Waals surface area contributed by atoms with E-state index >= 15 is 0 Å². The minimum absolute atomic E-state index is 0.0665. The Bertz CT molecular complexity index is 1180. The zero-order valence-electron chi connectivity index (χ0n) is 19.8. The highest BCUT2D eigenvalue weighted by atomic mass is 35.5. The molecule has 0 saturated carbocycles. The lowest BCUT2D eigenvalue weighted by Gasteiger charge is -2.35. The van der Waals surface area contributed by atoms with Gasteiger partial charge in [0.15, 0.2) is 0 Å². The molecule has 7 heteroatoms. The summed E-state index contributed by atoms with van der Waals surface area (Å²) in [6.45, 7) is 2.02. The zero-order valence-corrected chi connectivity index (χ0v) is 20.6. The molecule has 6 nitrogen and oxygen atoms in total. The van der Waals surface area contributed by atoms with Crippen molar-refractivity contribution in [2.24, 2.45) is 0 Å². The van der Waals surface area contributed by atoms with Crippen LogP contribution < -0.4 is 20.3 Å². The first-order valence-corrected chi connectivity index (χ1v) is 12.2. The lowest BCUT2D eigenvalue weighted by Crippen LogP contribution is -2.45. The van der Waals surface area contributed by atoms with Crippen LogP contribution in [0.5, 0.6) is 5.75 Å². The molecule has 0 aromatic heterocycles. The number of amides is 2. The van der Waals surface area contributed by atoms with Gasteiger partial charge in [0.1, 0.15) is 5.75 Å². The molecule has 0 spiro atoms. The summed E-state index contributed by atoms with van der Waals surface area (Å²) in [5, 5.41) is 6.60. The summed E-state index contributed by atoms with van der Waals surface area (Å²) in [6, 6.07) is 22.6. The van der Waals surface area contributed by atoms with Crippen molar-refractivity contribution < 1.29 is 14.3 Å². The molecule has 0 unspecified atom stereocenters. The van der Waals surface area contributed by atoms with E-state index in [1.54, 1.807) is 19.2 Å². The smallest absolute Gasteiger partial charge is 0.253 e. The molecular formula is C28H30ClN3O3. The first-order chi connectivity index (χ1) is 17.1. The third kappa shape index (κ3) is 6.14. The van der Waals surface area contributed by atoms with E-state index in [1.165, 1.54) is 0 Å². The van der Waals surface area contributed by atoms with Crippen LogP contribution in [0.15, 0.2) is 72.8 Å². The van der Waals surface area contributed by atoms with Gasteiger partial charge in [-0.25, -0.2) is 0 Å². The van der Waals surface area contributed by atoms with E-state index in [4.69, 9.17) is 16.3 Å². The average molecular weight is 492 g/mol. The van der Waals surface area contributed by atoms with Crippen LogP contribution >= 0.6 is 11.6 Å². The highest BCUT2D eigenvalue weighted by Gasteiger charge is 2.24. The van der Waals surface area contributed by atoms with Crippen molar-refractivity contribution in [2.75, 3.05) is 31.6 Å². The van der Waals surface area contributed by atoms with E-state index in [0.29, 0.717) is 29.1 Å². The summed E-state index contributed by atoms with van der Waals surface area (Å²) in [5.41, 5.74) is 3.13. The van der Waals surface area contributed by atoms with Gasteiger partial charge in [0.25, 0.3) is 11.8 Å². The molecule has 4 rings (SSSR count). The normalized spacial score (nSPS) is 13.8. The van der Waals surface area contributed by atoms with E-state index in [9.17, 15) is 9.59 Å². The third-order valence-corrected chi connectivity index (χ3v) is 6.64. The monoisotopic (exact) mass is 491 g/mol. The predicted molar refractivity (Wildman–Crippen MR) is 140 cm³/mol. The van der Waals surface area contributed by atoms with Gasteiger partial charge in [-0.3, -0.25) is 9.59 Å². The molecule has 3 aromatic rings. The lowest BCUT2D eigenvalue weighted by molar-refractivity contribution is 0.0929. The van der Waals surface area contributed by atoms with Crippen molar-refractivity contribution >= 4 is 29.1 Å². The van der Waals surface area contributed by atoms with Gasteiger partial charge in [-0.1, -0.05) is 54.1 Å². The standard InChI is InChI=1S/C28H30ClN3O3/c1-35-26-13-7-2-8-20(26)14-17-30-27(33)23-10-4-6-12-25(23)32-18-15-21(16-19-32)31-28(34)22-9-3-5-11-24(22)29/h2-13,21H,14-19H2,1H3,(H,30,33)(H,31,34). The van der Waals surface area contributed by atoms with Gasteiger partial charge in [-0.05, 0) is 55.2 Å².